The molecule has 1 N–H and O–H groups in total. The van der Waals surface area contributed by atoms with Crippen LogP contribution in [0.15, 0.2) is 53.8 Å². The summed E-state index contributed by atoms with van der Waals surface area (Å²) in [7, 11) is -2.40. The fourth-order valence-corrected chi connectivity index (χ4v) is 4.22. The van der Waals surface area contributed by atoms with Crippen molar-refractivity contribution in [2.75, 3.05) is 13.7 Å². The van der Waals surface area contributed by atoms with E-state index < -0.39 is 21.7 Å². The molecule has 0 aliphatic carbocycles. The van der Waals surface area contributed by atoms with E-state index in [1.165, 1.54) is 36.8 Å². The maximum Gasteiger partial charge on any atom is 0.269 e. The molecule has 0 amide bonds. The van der Waals surface area contributed by atoms with Crippen molar-refractivity contribution < 1.29 is 21.9 Å². The Kier molecular flexibility index (Phi) is 5.76. The molecule has 28 heavy (non-hydrogen) atoms. The number of hydrogen-bond donors (Lipinski definition) is 1. The molecule has 0 radical (unpaired) electrons. The van der Waals surface area contributed by atoms with E-state index in [0.29, 0.717) is 18.2 Å². The van der Waals surface area contributed by atoms with Gasteiger partial charge in [-0.25, -0.2) is 21.2 Å². The number of rotatable bonds is 7. The summed E-state index contributed by atoms with van der Waals surface area (Å²) in [6.45, 7) is 2.27. The topological polar surface area (TPSA) is 73.2 Å². The molecule has 6 nitrogen and oxygen atoms in total. The van der Waals surface area contributed by atoms with Crippen LogP contribution in [0, 0.1) is 11.6 Å². The van der Waals surface area contributed by atoms with E-state index in [0.717, 1.165) is 10.0 Å². The molecule has 3 rings (SSSR count). The minimum Gasteiger partial charge on any atom is -0.491 e. The van der Waals surface area contributed by atoms with Crippen molar-refractivity contribution in [2.24, 2.45) is 0 Å². The van der Waals surface area contributed by atoms with Gasteiger partial charge in [0.05, 0.1) is 6.61 Å². The Morgan fingerprint density at radius 1 is 1.25 bits per heavy atom. The highest BCUT2D eigenvalue weighted by Gasteiger charge is 2.28. The number of halogens is 2. The Morgan fingerprint density at radius 2 is 2.04 bits per heavy atom. The average Bonchev–Trinajstić information content (AvgIpc) is 3.02. The molecular weight excluding hydrogens is 388 g/mol. The molecule has 1 aromatic carbocycles. The molecule has 0 atom stereocenters. The first-order valence-corrected chi connectivity index (χ1v) is 9.96. The molecule has 0 saturated carbocycles. The first-order chi connectivity index (χ1) is 13.4. The van der Waals surface area contributed by atoms with Gasteiger partial charge in [0, 0.05) is 42.3 Å². The first kappa shape index (κ1) is 20.0. The Morgan fingerprint density at radius 3 is 2.64 bits per heavy atom. The minimum atomic E-state index is -4.10. The van der Waals surface area contributed by atoms with E-state index in [1.807, 2.05) is 0 Å². The van der Waals surface area contributed by atoms with Crippen molar-refractivity contribution in [1.29, 1.82) is 0 Å². The van der Waals surface area contributed by atoms with Crippen molar-refractivity contribution in [3.8, 4) is 17.0 Å². The Labute approximate surface area is 161 Å². The van der Waals surface area contributed by atoms with Gasteiger partial charge in [-0.15, -0.1) is 0 Å². The summed E-state index contributed by atoms with van der Waals surface area (Å²) < 4.78 is 61.1. The Hall–Kier alpha value is -2.78. The normalized spacial score (nSPS) is 11.6. The van der Waals surface area contributed by atoms with Crippen molar-refractivity contribution in [1.82, 2.24) is 14.3 Å². The summed E-state index contributed by atoms with van der Waals surface area (Å²) in [4.78, 5) is 3.79. The second-order valence-corrected chi connectivity index (χ2v) is 7.72. The smallest absolute Gasteiger partial charge is 0.269 e. The summed E-state index contributed by atoms with van der Waals surface area (Å²) in [6.07, 6.45) is 4.04. The predicted octanol–water partition coefficient (Wildman–Crippen LogP) is 3.18. The van der Waals surface area contributed by atoms with Gasteiger partial charge in [0.1, 0.15) is 22.2 Å². The fourth-order valence-electron chi connectivity index (χ4n) is 2.86. The van der Waals surface area contributed by atoms with E-state index in [-0.39, 0.29) is 28.5 Å². The van der Waals surface area contributed by atoms with Crippen LogP contribution in [-0.2, 0) is 16.6 Å². The Balaban J connectivity index is 2.34. The van der Waals surface area contributed by atoms with Crippen LogP contribution in [0.3, 0.4) is 0 Å². The highest BCUT2D eigenvalue weighted by Crippen LogP contribution is 2.39. The number of ether oxygens (including phenoxy) is 1. The summed E-state index contributed by atoms with van der Waals surface area (Å²) in [6, 6.07) is 5.86. The number of aromatic nitrogens is 2. The third kappa shape index (κ3) is 3.63. The van der Waals surface area contributed by atoms with Gasteiger partial charge < -0.3 is 10.1 Å². The van der Waals surface area contributed by atoms with E-state index in [9.17, 15) is 17.2 Å². The maximum absolute atomic E-state index is 14.6. The molecule has 0 saturated heterocycles. The van der Waals surface area contributed by atoms with Crippen LogP contribution in [0.25, 0.3) is 11.3 Å². The molecule has 3 aromatic rings. The van der Waals surface area contributed by atoms with Crippen molar-refractivity contribution in [3.63, 3.8) is 0 Å². The largest absolute Gasteiger partial charge is 0.491 e. The average molecular weight is 407 g/mol. The van der Waals surface area contributed by atoms with Crippen molar-refractivity contribution in [2.45, 2.75) is 18.4 Å². The van der Waals surface area contributed by atoms with Crippen LogP contribution in [0.2, 0.25) is 0 Å². The van der Waals surface area contributed by atoms with E-state index >= 15 is 0 Å². The number of nitrogens with zero attached hydrogens (tertiary/aromatic N) is 2. The summed E-state index contributed by atoms with van der Waals surface area (Å²) in [5, 5.41) is 2.94. The predicted molar refractivity (Wildman–Crippen MR) is 101 cm³/mol. The zero-order chi connectivity index (χ0) is 20.3. The Bertz CT molecular complexity index is 1080. The van der Waals surface area contributed by atoms with Gasteiger partial charge in [0.25, 0.3) is 10.0 Å². The van der Waals surface area contributed by atoms with Crippen LogP contribution in [0.1, 0.15) is 12.5 Å². The molecule has 9 heteroatoms. The van der Waals surface area contributed by atoms with Gasteiger partial charge in [-0.3, -0.25) is 4.98 Å². The second kappa shape index (κ2) is 8.07. The molecule has 0 aliphatic rings. The molecule has 2 heterocycles. The van der Waals surface area contributed by atoms with Crippen LogP contribution >= 0.6 is 0 Å². The highest BCUT2D eigenvalue weighted by molar-refractivity contribution is 7.90. The molecule has 0 bridgehead atoms. The van der Waals surface area contributed by atoms with E-state index in [2.05, 4.69) is 10.3 Å². The lowest BCUT2D eigenvalue weighted by atomic mass is 10.1. The lowest BCUT2D eigenvalue weighted by molar-refractivity contribution is 0.338. The van der Waals surface area contributed by atoms with Gasteiger partial charge >= 0.3 is 0 Å². The maximum atomic E-state index is 14.6. The quantitative estimate of drug-likeness (QED) is 0.651. The van der Waals surface area contributed by atoms with Gasteiger partial charge in [0.2, 0.25) is 0 Å². The summed E-state index contributed by atoms with van der Waals surface area (Å²) in [5.41, 5.74) is 0.434. The van der Waals surface area contributed by atoms with Crippen molar-refractivity contribution in [3.05, 3.63) is 66.1 Å². The molecular formula is C19H19F2N3O3S. The van der Waals surface area contributed by atoms with Crippen molar-refractivity contribution >= 4 is 10.0 Å². The molecule has 2 aromatic heterocycles. The van der Waals surface area contributed by atoms with E-state index in [1.54, 1.807) is 14.0 Å². The zero-order valence-corrected chi connectivity index (χ0v) is 16.1. The van der Waals surface area contributed by atoms with Crippen LogP contribution in [-0.4, -0.2) is 31.0 Å². The number of nitrogens with one attached hydrogen (secondary N) is 1. The summed E-state index contributed by atoms with van der Waals surface area (Å²) >= 11 is 0. The minimum absolute atomic E-state index is 0.00606. The van der Waals surface area contributed by atoms with Gasteiger partial charge in [0.15, 0.2) is 5.75 Å². The van der Waals surface area contributed by atoms with E-state index in [4.69, 9.17) is 4.74 Å². The monoisotopic (exact) mass is 407 g/mol. The van der Waals surface area contributed by atoms with Crippen LogP contribution in [0.4, 0.5) is 8.78 Å². The second-order valence-electron chi connectivity index (χ2n) is 5.91. The fraction of sp³-hybridized carbons (Fsp3) is 0.211. The molecule has 0 spiro atoms. The van der Waals surface area contributed by atoms with Gasteiger partial charge in [-0.2, -0.15) is 0 Å². The SMILES string of the molecule is CCOc1c(CNC)cn(S(=O)(=O)c2cccnc2)c1-c1ccc(F)cc1F. The van der Waals surface area contributed by atoms with Gasteiger partial charge in [-0.1, -0.05) is 0 Å². The van der Waals surface area contributed by atoms with Gasteiger partial charge in [-0.05, 0) is 38.2 Å². The third-order valence-electron chi connectivity index (χ3n) is 4.03. The molecule has 0 unspecified atom stereocenters. The highest BCUT2D eigenvalue weighted by atomic mass is 32.2. The van der Waals surface area contributed by atoms with Crippen LogP contribution in [0.5, 0.6) is 5.75 Å². The van der Waals surface area contributed by atoms with Crippen LogP contribution < -0.4 is 10.1 Å². The lowest BCUT2D eigenvalue weighted by Gasteiger charge is -2.13. The molecule has 0 aliphatic heterocycles. The number of pyridine rings is 1. The third-order valence-corrected chi connectivity index (χ3v) is 5.68. The summed E-state index contributed by atoms with van der Waals surface area (Å²) in [5.74, 6) is -1.43. The zero-order valence-electron chi connectivity index (χ0n) is 15.3. The molecule has 148 valence electrons. The lowest BCUT2D eigenvalue weighted by Crippen LogP contribution is -2.14. The number of benzene rings is 1. The number of hydrogen-bond acceptors (Lipinski definition) is 5. The standard InChI is InChI=1S/C19H19F2N3O3S/c1-3-27-19-13(10-22-2)12-24(28(25,26)15-5-4-8-23-11-15)18(19)16-7-6-14(20)9-17(16)21/h4-9,11-12,22H,3,10H2,1-2H3. The molecule has 0 fully saturated rings. The first-order valence-electron chi connectivity index (χ1n) is 8.52.